The Morgan fingerprint density at radius 1 is 1.21 bits per heavy atom. The van der Waals surface area contributed by atoms with Gasteiger partial charge in [-0.2, -0.15) is 5.10 Å². The second-order valence-corrected chi connectivity index (χ2v) is 5.66. The van der Waals surface area contributed by atoms with Gasteiger partial charge in [0.25, 0.3) is 0 Å². The molecule has 2 aromatic heterocycles. The molecule has 0 saturated heterocycles. The Bertz CT molecular complexity index is 749. The van der Waals surface area contributed by atoms with Gasteiger partial charge in [-0.25, -0.2) is 9.78 Å². The number of nitrogens with one attached hydrogen (secondary N) is 2. The third-order valence-corrected chi connectivity index (χ3v) is 3.54. The van der Waals surface area contributed by atoms with Crippen LogP contribution in [0.2, 0.25) is 0 Å². The van der Waals surface area contributed by atoms with Crippen molar-refractivity contribution in [3.63, 3.8) is 0 Å². The van der Waals surface area contributed by atoms with Crippen LogP contribution in [0, 0.1) is 0 Å². The molecule has 7 heteroatoms. The lowest BCUT2D eigenvalue weighted by atomic mass is 10.2. The third kappa shape index (κ3) is 4.45. The predicted molar refractivity (Wildman–Crippen MR) is 91.6 cm³/mol. The molecule has 0 bridgehead atoms. The van der Waals surface area contributed by atoms with Crippen LogP contribution in [0.5, 0.6) is 0 Å². The number of anilines is 1. The summed E-state index contributed by atoms with van der Waals surface area (Å²) in [4.78, 5) is 16.0. The molecule has 0 radical (unpaired) electrons. The molecule has 1 atom stereocenters. The van der Waals surface area contributed by atoms with Crippen LogP contribution in [0.4, 0.5) is 10.5 Å². The van der Waals surface area contributed by atoms with Gasteiger partial charge in [0.05, 0.1) is 12.9 Å². The molecule has 124 valence electrons. The van der Waals surface area contributed by atoms with E-state index in [1.807, 2.05) is 58.9 Å². The highest BCUT2D eigenvalue weighted by molar-refractivity contribution is 5.89. The summed E-state index contributed by atoms with van der Waals surface area (Å²) in [5.41, 5.74) is 1.88. The van der Waals surface area contributed by atoms with Gasteiger partial charge in [0, 0.05) is 43.1 Å². The van der Waals surface area contributed by atoms with Gasteiger partial charge in [-0.3, -0.25) is 4.68 Å². The predicted octanol–water partition coefficient (Wildman–Crippen LogP) is 2.34. The lowest BCUT2D eigenvalue weighted by Crippen LogP contribution is -2.38. The third-order valence-electron chi connectivity index (χ3n) is 3.54. The first-order chi connectivity index (χ1) is 11.7. The molecule has 0 saturated carbocycles. The van der Waals surface area contributed by atoms with E-state index in [0.29, 0.717) is 13.1 Å². The lowest BCUT2D eigenvalue weighted by molar-refractivity contribution is 0.248. The van der Waals surface area contributed by atoms with Crippen molar-refractivity contribution in [1.29, 1.82) is 0 Å². The lowest BCUT2D eigenvalue weighted by Gasteiger charge is -2.15. The largest absolute Gasteiger partial charge is 0.335 e. The summed E-state index contributed by atoms with van der Waals surface area (Å²) in [5.74, 6) is 0. The van der Waals surface area contributed by atoms with Crippen molar-refractivity contribution in [2.45, 2.75) is 26.1 Å². The quantitative estimate of drug-likeness (QED) is 0.730. The maximum absolute atomic E-state index is 12.0. The molecule has 1 aromatic carbocycles. The maximum Gasteiger partial charge on any atom is 0.319 e. The molecule has 0 spiro atoms. The van der Waals surface area contributed by atoms with Crippen molar-refractivity contribution in [1.82, 2.24) is 24.6 Å². The monoisotopic (exact) mass is 324 g/mol. The zero-order chi connectivity index (χ0) is 16.8. The fourth-order valence-corrected chi connectivity index (χ4v) is 2.42. The highest BCUT2D eigenvalue weighted by Gasteiger charge is 2.08. The van der Waals surface area contributed by atoms with Gasteiger partial charge in [-0.1, -0.05) is 12.1 Å². The fraction of sp³-hybridized carbons (Fsp3) is 0.235. The van der Waals surface area contributed by atoms with E-state index in [0.717, 1.165) is 11.3 Å². The van der Waals surface area contributed by atoms with Crippen molar-refractivity contribution in [3.8, 4) is 0 Å². The number of nitrogens with zero attached hydrogens (tertiary/aromatic N) is 4. The summed E-state index contributed by atoms with van der Waals surface area (Å²) >= 11 is 0. The standard InChI is InChI=1S/C17H20N6O/c1-14(11-22-10-8-18-13-22)20-17(24)21-16-5-3-15(4-6-16)12-23-9-2-7-19-23/h2-10,13-14H,11-12H2,1H3,(H2,20,21,24)/t14-/m0/s1. The number of hydrogen-bond acceptors (Lipinski definition) is 3. The molecule has 0 aliphatic heterocycles. The van der Waals surface area contributed by atoms with Crippen molar-refractivity contribution in [2.75, 3.05) is 5.32 Å². The average Bonchev–Trinajstić information content (AvgIpc) is 3.23. The van der Waals surface area contributed by atoms with Crippen LogP contribution >= 0.6 is 0 Å². The van der Waals surface area contributed by atoms with Gasteiger partial charge in [0.1, 0.15) is 0 Å². The summed E-state index contributed by atoms with van der Waals surface area (Å²) in [6.07, 6.45) is 8.99. The molecular weight excluding hydrogens is 304 g/mol. The Hall–Kier alpha value is -3.09. The fourth-order valence-electron chi connectivity index (χ4n) is 2.42. The second-order valence-electron chi connectivity index (χ2n) is 5.66. The Labute approximate surface area is 140 Å². The molecular formula is C17H20N6O. The Balaban J connectivity index is 1.49. The first-order valence-corrected chi connectivity index (χ1v) is 7.78. The van der Waals surface area contributed by atoms with Gasteiger partial charge >= 0.3 is 6.03 Å². The zero-order valence-corrected chi connectivity index (χ0v) is 13.5. The molecule has 7 nitrogen and oxygen atoms in total. The van der Waals surface area contributed by atoms with Crippen LogP contribution in [0.25, 0.3) is 0 Å². The molecule has 3 rings (SSSR count). The van der Waals surface area contributed by atoms with Gasteiger partial charge in [0.15, 0.2) is 0 Å². The number of amides is 2. The van der Waals surface area contributed by atoms with Crippen molar-refractivity contribution in [3.05, 3.63) is 67.0 Å². The summed E-state index contributed by atoms with van der Waals surface area (Å²) in [5, 5.41) is 9.92. The first-order valence-electron chi connectivity index (χ1n) is 7.78. The van der Waals surface area contributed by atoms with E-state index in [4.69, 9.17) is 0 Å². The van der Waals surface area contributed by atoms with Crippen LogP contribution in [-0.4, -0.2) is 31.4 Å². The highest BCUT2D eigenvalue weighted by atomic mass is 16.2. The van der Waals surface area contributed by atoms with Crippen molar-refractivity contribution < 1.29 is 4.79 Å². The summed E-state index contributed by atoms with van der Waals surface area (Å²) in [6.45, 7) is 3.34. The Morgan fingerprint density at radius 2 is 2.04 bits per heavy atom. The van der Waals surface area contributed by atoms with Crippen molar-refractivity contribution in [2.24, 2.45) is 0 Å². The van der Waals surface area contributed by atoms with E-state index in [1.165, 1.54) is 0 Å². The number of benzene rings is 1. The number of imidazole rings is 1. The van der Waals surface area contributed by atoms with Gasteiger partial charge in [0.2, 0.25) is 0 Å². The first kappa shape index (κ1) is 15.8. The maximum atomic E-state index is 12.0. The molecule has 0 unspecified atom stereocenters. The number of hydrogen-bond donors (Lipinski definition) is 2. The minimum Gasteiger partial charge on any atom is -0.335 e. The SMILES string of the molecule is C[C@@H](Cn1ccnc1)NC(=O)Nc1ccc(Cn2cccn2)cc1. The molecule has 0 aliphatic carbocycles. The molecule has 0 fully saturated rings. The average molecular weight is 324 g/mol. The zero-order valence-electron chi connectivity index (χ0n) is 13.5. The summed E-state index contributed by atoms with van der Waals surface area (Å²) in [7, 11) is 0. The van der Waals surface area contributed by atoms with Crippen LogP contribution in [-0.2, 0) is 13.1 Å². The van der Waals surface area contributed by atoms with Crippen LogP contribution < -0.4 is 10.6 Å². The van der Waals surface area contributed by atoms with E-state index in [-0.39, 0.29) is 12.1 Å². The smallest absolute Gasteiger partial charge is 0.319 e. The van der Waals surface area contributed by atoms with Gasteiger partial charge < -0.3 is 15.2 Å². The topological polar surface area (TPSA) is 76.8 Å². The molecule has 2 heterocycles. The number of rotatable bonds is 6. The Morgan fingerprint density at radius 3 is 2.71 bits per heavy atom. The molecule has 2 amide bonds. The summed E-state index contributed by atoms with van der Waals surface area (Å²) < 4.78 is 3.78. The van der Waals surface area contributed by atoms with Gasteiger partial charge in [-0.15, -0.1) is 0 Å². The molecule has 24 heavy (non-hydrogen) atoms. The van der Waals surface area contributed by atoms with E-state index in [9.17, 15) is 4.79 Å². The van der Waals surface area contributed by atoms with Crippen LogP contribution in [0.1, 0.15) is 12.5 Å². The second kappa shape index (κ2) is 7.45. The van der Waals surface area contributed by atoms with E-state index in [2.05, 4.69) is 20.7 Å². The van der Waals surface area contributed by atoms with E-state index >= 15 is 0 Å². The van der Waals surface area contributed by atoms with E-state index < -0.39 is 0 Å². The number of urea groups is 1. The minimum absolute atomic E-state index is 0.00158. The molecule has 3 aromatic rings. The van der Waals surface area contributed by atoms with Crippen LogP contribution in [0.3, 0.4) is 0 Å². The number of aromatic nitrogens is 4. The number of carbonyl (C=O) groups excluding carboxylic acids is 1. The van der Waals surface area contributed by atoms with Crippen molar-refractivity contribution >= 4 is 11.7 Å². The summed E-state index contributed by atoms with van der Waals surface area (Å²) in [6, 6.07) is 9.40. The van der Waals surface area contributed by atoms with E-state index in [1.54, 1.807) is 18.7 Å². The van der Waals surface area contributed by atoms with Gasteiger partial charge in [-0.05, 0) is 30.7 Å². The molecule has 0 aliphatic rings. The minimum atomic E-state index is -0.220. The Kier molecular flexibility index (Phi) is 4.90. The molecule has 2 N–H and O–H groups in total. The number of carbonyl (C=O) groups is 1. The van der Waals surface area contributed by atoms with Crippen LogP contribution in [0.15, 0.2) is 61.4 Å². The normalized spacial score (nSPS) is 11.9. The highest BCUT2D eigenvalue weighted by Crippen LogP contribution is 2.10.